The van der Waals surface area contributed by atoms with Crippen molar-refractivity contribution in [1.29, 1.82) is 5.41 Å². The molecule has 15 atom stereocenters. The van der Waals surface area contributed by atoms with Crippen molar-refractivity contribution in [2.45, 2.75) is 123 Å². The molecule has 3 fully saturated rings. The molecule has 2 aliphatic heterocycles. The summed E-state index contributed by atoms with van der Waals surface area (Å²) in [6.45, 7) is -1.04. The van der Waals surface area contributed by atoms with Gasteiger partial charge in [-0.2, -0.15) is 0 Å². The van der Waals surface area contributed by atoms with E-state index in [0.29, 0.717) is 12.8 Å². The van der Waals surface area contributed by atoms with Gasteiger partial charge in [-0.3, -0.25) is 10.4 Å². The number of halogens is 1. The first kappa shape index (κ1) is 40.7. The van der Waals surface area contributed by atoms with Gasteiger partial charge in [-0.1, -0.05) is 0 Å². The lowest BCUT2D eigenvalue weighted by Crippen LogP contribution is -2.67. The van der Waals surface area contributed by atoms with Gasteiger partial charge in [0.1, 0.15) is 66.2 Å². The molecule has 19 nitrogen and oxygen atoms in total. The molecule has 0 aromatic heterocycles. The molecule has 48 heavy (non-hydrogen) atoms. The third kappa shape index (κ3) is 9.95. The van der Waals surface area contributed by atoms with Crippen LogP contribution in [0.25, 0.3) is 0 Å². The van der Waals surface area contributed by atoms with E-state index in [4.69, 9.17) is 46.7 Å². The lowest BCUT2D eigenvalue weighted by atomic mass is 9.77. The second kappa shape index (κ2) is 17.5. The number of amidine groups is 2. The molecule has 0 aromatic rings. The molecule has 3 aliphatic rings. The second-order valence-corrected chi connectivity index (χ2v) is 13.1. The summed E-state index contributed by atoms with van der Waals surface area (Å²) >= 11 is 0. The molecule has 0 radical (unpaired) electrons. The highest BCUT2D eigenvalue weighted by Gasteiger charge is 2.52. The Morgan fingerprint density at radius 1 is 1.12 bits per heavy atom. The average Bonchev–Trinajstić information content (AvgIpc) is 3.04. The van der Waals surface area contributed by atoms with E-state index >= 15 is 0 Å². The van der Waals surface area contributed by atoms with E-state index in [9.17, 15) is 40.1 Å². The Kier molecular flexibility index (Phi) is 14.8. The van der Waals surface area contributed by atoms with Crippen LogP contribution in [0.1, 0.15) is 32.6 Å². The van der Waals surface area contributed by atoms with Gasteiger partial charge < -0.3 is 87.6 Å². The summed E-state index contributed by atoms with van der Waals surface area (Å²) in [7, 11) is 1.54. The van der Waals surface area contributed by atoms with Gasteiger partial charge in [-0.15, -0.1) is 0 Å². The molecule has 280 valence electrons. The number of aliphatic imine (C=N–C) groups is 1. The average molecular weight is 700 g/mol. The molecule has 0 amide bonds. The first-order chi connectivity index (χ1) is 22.5. The summed E-state index contributed by atoms with van der Waals surface area (Å²) < 4.78 is 36.4. The summed E-state index contributed by atoms with van der Waals surface area (Å²) in [5, 5.41) is 96.0. The Hall–Kier alpha value is -1.73. The van der Waals surface area contributed by atoms with Gasteiger partial charge in [-0.05, 0) is 33.2 Å². The van der Waals surface area contributed by atoms with Gasteiger partial charge in [0.25, 0.3) is 0 Å². The van der Waals surface area contributed by atoms with Crippen LogP contribution in [0.3, 0.4) is 0 Å². The molecule has 0 aromatic carbocycles. The van der Waals surface area contributed by atoms with Crippen LogP contribution in [0, 0.1) is 5.41 Å². The molecule has 2 saturated heterocycles. The van der Waals surface area contributed by atoms with Gasteiger partial charge in [0.2, 0.25) is 0 Å². The summed E-state index contributed by atoms with van der Waals surface area (Å²) in [5.74, 6) is -0.869. The molecule has 9 unspecified atom stereocenters. The van der Waals surface area contributed by atoms with Crippen molar-refractivity contribution >= 4 is 11.7 Å². The zero-order chi connectivity index (χ0) is 36.0. The van der Waals surface area contributed by atoms with Crippen LogP contribution in [-0.4, -0.2) is 183 Å². The van der Waals surface area contributed by atoms with Crippen molar-refractivity contribution in [2.75, 3.05) is 40.1 Å². The zero-order valence-corrected chi connectivity index (χ0v) is 27.1. The smallest absolute Gasteiger partial charge is 0.185 e. The first-order valence-corrected chi connectivity index (χ1v) is 15.9. The molecule has 20 heteroatoms. The van der Waals surface area contributed by atoms with E-state index in [1.165, 1.54) is 6.92 Å². The van der Waals surface area contributed by atoms with Gasteiger partial charge in [0, 0.05) is 19.0 Å². The lowest BCUT2D eigenvalue weighted by Gasteiger charge is -2.49. The van der Waals surface area contributed by atoms with Crippen molar-refractivity contribution in [3.05, 3.63) is 0 Å². The first-order valence-electron chi connectivity index (χ1n) is 15.9. The minimum Gasteiger partial charge on any atom is -0.394 e. The van der Waals surface area contributed by atoms with Gasteiger partial charge in [0.15, 0.2) is 12.6 Å². The van der Waals surface area contributed by atoms with Crippen LogP contribution in [0.4, 0.5) is 4.39 Å². The van der Waals surface area contributed by atoms with Crippen molar-refractivity contribution in [3.8, 4) is 0 Å². The predicted molar refractivity (Wildman–Crippen MR) is 166 cm³/mol. The Morgan fingerprint density at radius 2 is 1.81 bits per heavy atom. The summed E-state index contributed by atoms with van der Waals surface area (Å²) in [4.78, 5) is 4.22. The zero-order valence-electron chi connectivity index (χ0n) is 27.1. The summed E-state index contributed by atoms with van der Waals surface area (Å²) in [5.41, 5.74) is 15.3. The second-order valence-electron chi connectivity index (χ2n) is 13.1. The quantitative estimate of drug-likeness (QED) is 0.0558. The molecule has 17 N–H and O–H groups in total. The minimum atomic E-state index is -2.02. The van der Waals surface area contributed by atoms with Crippen molar-refractivity contribution in [3.63, 3.8) is 0 Å². The maximum atomic E-state index is 12.8. The Labute approximate surface area is 277 Å². The highest BCUT2D eigenvalue weighted by molar-refractivity contribution is 5.85. The number of ether oxygens (including phenoxy) is 4. The van der Waals surface area contributed by atoms with Crippen molar-refractivity contribution < 1.29 is 64.2 Å². The fraction of sp³-hybridized carbons (Fsp3) is 0.929. The largest absolute Gasteiger partial charge is 0.394 e. The summed E-state index contributed by atoms with van der Waals surface area (Å²) in [6.07, 6.45) is -12.5. The van der Waals surface area contributed by atoms with Crippen LogP contribution in [-0.2, 0) is 18.9 Å². The molecule has 1 saturated carbocycles. The highest BCUT2D eigenvalue weighted by atomic mass is 19.1. The fourth-order valence-electron chi connectivity index (χ4n) is 6.30. The van der Waals surface area contributed by atoms with Crippen LogP contribution in [0.2, 0.25) is 0 Å². The highest BCUT2D eigenvalue weighted by Crippen LogP contribution is 2.36. The number of hydrogen-bond acceptors (Lipinski definition) is 17. The normalized spacial score (nSPS) is 40.5. The van der Waals surface area contributed by atoms with E-state index in [1.807, 2.05) is 0 Å². The molecule has 2 heterocycles. The molecule has 0 spiro atoms. The maximum absolute atomic E-state index is 12.8. The Bertz CT molecular complexity index is 1070. The number of hydrogen-bond donors (Lipinski definition) is 14. The molecule has 0 bridgehead atoms. The van der Waals surface area contributed by atoms with Crippen LogP contribution < -0.4 is 27.8 Å². The van der Waals surface area contributed by atoms with Crippen LogP contribution in [0.5, 0.6) is 0 Å². The molecular formula is C28H54FN7O12. The topological polar surface area (TPSA) is 337 Å². The molecule has 1 aliphatic carbocycles. The van der Waals surface area contributed by atoms with Crippen molar-refractivity contribution in [2.24, 2.45) is 22.2 Å². The number of rotatable bonds is 15. The van der Waals surface area contributed by atoms with Gasteiger partial charge in [-0.25, -0.2) is 4.39 Å². The van der Waals surface area contributed by atoms with E-state index in [0.717, 1.165) is 0 Å². The number of nitrogens with two attached hydrogens (primary N) is 3. The predicted octanol–water partition coefficient (Wildman–Crippen LogP) is -6.17. The third-order valence-electron chi connectivity index (χ3n) is 9.04. The Morgan fingerprint density at radius 3 is 2.44 bits per heavy atom. The van der Waals surface area contributed by atoms with E-state index < -0.39 is 116 Å². The number of nitrogens with zero attached hydrogens (tertiary/aromatic N) is 1. The van der Waals surface area contributed by atoms with Crippen LogP contribution >= 0.6 is 0 Å². The standard InChI is InChI=1S/C28H54FN7O12/c1-27(43)10-45-26(21(42)22(27)34-2)46-11-28(44)6-12(36-24(33)20(41)19(40)18(39)16(38)9-37)5-15(31)23(28)48-25-14(30)4-3-13(47-25)8-35-17(32)7-29/h12-16,18-23,25-26,34,37-44H,3-11,30-31H2,1-2H3,(H2,32,35)(H2,33,36)/t12-,13+,14?,15+,16?,18?,19?,20?,21?,22-,23?,25-,26-,27?,28?/m1/s1. The minimum absolute atomic E-state index is 0.0200. The maximum Gasteiger partial charge on any atom is 0.185 e. The third-order valence-corrected chi connectivity index (χ3v) is 9.04. The number of alkyl halides is 1. The fourth-order valence-corrected chi connectivity index (χ4v) is 6.30. The lowest BCUT2D eigenvalue weighted by molar-refractivity contribution is -0.301. The van der Waals surface area contributed by atoms with Gasteiger partial charge in [0.05, 0.1) is 44.1 Å². The molecular weight excluding hydrogens is 645 g/mol. The molecule has 3 rings (SSSR count). The van der Waals surface area contributed by atoms with Crippen molar-refractivity contribution in [1.82, 2.24) is 10.6 Å². The monoisotopic (exact) mass is 699 g/mol. The number of aliphatic hydroxyl groups excluding tert-OH is 6. The number of nitrogens with one attached hydrogen (secondary N) is 3. The van der Waals surface area contributed by atoms with Gasteiger partial charge >= 0.3 is 0 Å². The van der Waals surface area contributed by atoms with Crippen LogP contribution in [0.15, 0.2) is 4.99 Å². The van der Waals surface area contributed by atoms with E-state index in [2.05, 4.69) is 15.6 Å². The van der Waals surface area contributed by atoms with E-state index in [1.54, 1.807) is 7.05 Å². The number of aliphatic hydroxyl groups is 8. The summed E-state index contributed by atoms with van der Waals surface area (Å²) in [6, 6.07) is -3.41. The number of likely N-dealkylation sites (N-methyl/N-ethyl adjacent to an activating group) is 1. The Balaban J connectivity index is 1.84. The SMILES string of the molecule is CN[C@@H]1C(O)[C@@H](OCC2(O)C[C@H](N=C(N)C(O)C(O)C(O)C(O)CO)C[C@H](N)C2O[C@H]2O[C@H](CNC(=N)CF)CCC2N)OCC1(C)O. The van der Waals surface area contributed by atoms with E-state index in [-0.39, 0.29) is 31.8 Å².